The molecule has 6 heteroatoms. The van der Waals surface area contributed by atoms with Crippen molar-refractivity contribution in [2.45, 2.75) is 32.1 Å². The molecule has 0 fully saturated rings. The highest BCUT2D eigenvalue weighted by atomic mass is 16.5. The molecule has 2 aromatic rings. The molecule has 0 unspecified atom stereocenters. The summed E-state index contributed by atoms with van der Waals surface area (Å²) in [4.78, 5) is 25.6. The van der Waals surface area contributed by atoms with Crippen LogP contribution in [0.3, 0.4) is 0 Å². The van der Waals surface area contributed by atoms with E-state index in [4.69, 9.17) is 4.74 Å². The maximum absolute atomic E-state index is 11.1. The van der Waals surface area contributed by atoms with Gasteiger partial charge in [-0.2, -0.15) is 0 Å². The second-order valence-corrected chi connectivity index (χ2v) is 6.55. The van der Waals surface area contributed by atoms with Crippen molar-refractivity contribution >= 4 is 22.7 Å². The fraction of sp³-hybridized carbons (Fsp3) is 0.364. The molecule has 0 spiro atoms. The number of nitrogens with one attached hydrogen (secondary N) is 3. The van der Waals surface area contributed by atoms with Gasteiger partial charge in [0.25, 0.3) is 0 Å². The lowest BCUT2D eigenvalue weighted by Crippen LogP contribution is -2.22. The van der Waals surface area contributed by atoms with Crippen molar-refractivity contribution in [1.29, 1.82) is 0 Å². The molecule has 1 aromatic carbocycles. The lowest BCUT2D eigenvalue weighted by molar-refractivity contribution is -0.117. The smallest absolute Gasteiger partial charge is 0.243 e. The minimum atomic E-state index is -0.142. The third kappa shape index (κ3) is 7.31. The van der Waals surface area contributed by atoms with E-state index in [2.05, 4.69) is 34.8 Å². The molecule has 2 amide bonds. The first-order chi connectivity index (χ1) is 13.6. The fourth-order valence-electron chi connectivity index (χ4n) is 2.82. The number of fused-ring (bicyclic) bond motifs is 1. The Morgan fingerprint density at radius 2 is 1.64 bits per heavy atom. The zero-order valence-electron chi connectivity index (χ0n) is 16.3. The molecule has 0 bridgehead atoms. The highest BCUT2D eigenvalue weighted by Crippen LogP contribution is 2.22. The third-order valence-electron chi connectivity index (χ3n) is 4.33. The number of ether oxygens (including phenoxy) is 1. The summed E-state index contributed by atoms with van der Waals surface area (Å²) in [7, 11) is 0. The highest BCUT2D eigenvalue weighted by Gasteiger charge is 2.04. The Labute approximate surface area is 166 Å². The van der Waals surface area contributed by atoms with E-state index in [1.165, 1.54) is 17.8 Å². The Morgan fingerprint density at radius 3 is 2.32 bits per heavy atom. The van der Waals surface area contributed by atoms with Gasteiger partial charge in [0, 0.05) is 29.7 Å². The molecular weight excluding hydrogens is 354 g/mol. The van der Waals surface area contributed by atoms with Crippen LogP contribution >= 0.6 is 0 Å². The Morgan fingerprint density at radius 1 is 0.964 bits per heavy atom. The molecule has 6 nitrogen and oxygen atoms in total. The van der Waals surface area contributed by atoms with Crippen molar-refractivity contribution in [3.05, 3.63) is 55.3 Å². The summed E-state index contributed by atoms with van der Waals surface area (Å²) in [5.41, 5.74) is 2.27. The summed E-state index contributed by atoms with van der Waals surface area (Å²) in [6, 6.07) is 8.18. The largest absolute Gasteiger partial charge is 0.494 e. The van der Waals surface area contributed by atoms with Gasteiger partial charge in [0.1, 0.15) is 5.75 Å². The molecule has 150 valence electrons. The van der Waals surface area contributed by atoms with E-state index in [1.807, 2.05) is 18.2 Å². The van der Waals surface area contributed by atoms with Crippen LogP contribution in [-0.4, -0.2) is 36.5 Å². The molecule has 0 saturated carbocycles. The van der Waals surface area contributed by atoms with Gasteiger partial charge in [0.15, 0.2) is 0 Å². The van der Waals surface area contributed by atoms with Gasteiger partial charge in [-0.3, -0.25) is 9.59 Å². The second kappa shape index (κ2) is 11.6. The molecule has 0 saturated heterocycles. The van der Waals surface area contributed by atoms with Crippen LogP contribution in [0.5, 0.6) is 5.75 Å². The molecule has 1 heterocycles. The summed E-state index contributed by atoms with van der Waals surface area (Å²) in [6.07, 6.45) is 7.16. The molecule has 0 atom stereocenters. The fourth-order valence-corrected chi connectivity index (χ4v) is 2.82. The quantitative estimate of drug-likeness (QED) is 0.367. The van der Waals surface area contributed by atoms with Crippen molar-refractivity contribution in [2.24, 2.45) is 0 Å². The van der Waals surface area contributed by atoms with E-state index >= 15 is 0 Å². The molecule has 0 aliphatic heterocycles. The number of aromatic nitrogens is 1. The monoisotopic (exact) mass is 383 g/mol. The van der Waals surface area contributed by atoms with E-state index in [9.17, 15) is 9.59 Å². The van der Waals surface area contributed by atoms with Gasteiger partial charge in [-0.05, 0) is 68.5 Å². The minimum absolute atomic E-state index is 0.125. The summed E-state index contributed by atoms with van der Waals surface area (Å²) in [5.74, 6) is 0.580. The SMILES string of the molecule is C=CC(=O)NCCCCOc1ccc2[nH]c(CCCCNC(=O)C=C)cc2c1. The summed E-state index contributed by atoms with van der Waals surface area (Å²) in [5, 5.41) is 6.66. The number of hydrogen-bond donors (Lipinski definition) is 3. The topological polar surface area (TPSA) is 83.2 Å². The van der Waals surface area contributed by atoms with Crippen LogP contribution in [0.15, 0.2) is 49.6 Å². The van der Waals surface area contributed by atoms with Gasteiger partial charge in [0.2, 0.25) is 11.8 Å². The zero-order chi connectivity index (χ0) is 20.2. The maximum atomic E-state index is 11.1. The average molecular weight is 383 g/mol. The number of rotatable bonds is 13. The van der Waals surface area contributed by atoms with Crippen molar-refractivity contribution in [2.75, 3.05) is 19.7 Å². The molecule has 28 heavy (non-hydrogen) atoms. The number of aryl methyl sites for hydroxylation is 1. The Balaban J connectivity index is 1.71. The predicted octanol–water partition coefficient (Wildman–Crippen LogP) is 3.25. The molecule has 0 aliphatic rings. The van der Waals surface area contributed by atoms with Gasteiger partial charge < -0.3 is 20.4 Å². The van der Waals surface area contributed by atoms with Gasteiger partial charge in [-0.25, -0.2) is 0 Å². The molecule has 1 aromatic heterocycles. The number of carbonyl (C=O) groups excluding carboxylic acids is 2. The predicted molar refractivity (Wildman–Crippen MR) is 112 cm³/mol. The molecule has 3 N–H and O–H groups in total. The minimum Gasteiger partial charge on any atom is -0.494 e. The van der Waals surface area contributed by atoms with E-state index in [0.717, 1.165) is 48.8 Å². The summed E-state index contributed by atoms with van der Waals surface area (Å²) in [6.45, 7) is 8.76. The van der Waals surface area contributed by atoms with Crippen LogP contribution in [0, 0.1) is 0 Å². The standard InChI is InChI=1S/C22H29N3O3/c1-3-21(26)23-12-6-5-9-18-15-17-16-19(10-11-20(17)25-18)28-14-8-7-13-24-22(27)4-2/h3-4,10-11,15-16,25H,1-2,5-9,12-14H2,(H,23,26)(H,24,27). The first-order valence-electron chi connectivity index (χ1n) is 9.67. The lowest BCUT2D eigenvalue weighted by Gasteiger charge is -2.06. The van der Waals surface area contributed by atoms with E-state index in [1.54, 1.807) is 0 Å². The normalized spacial score (nSPS) is 10.4. The van der Waals surface area contributed by atoms with E-state index in [-0.39, 0.29) is 11.8 Å². The lowest BCUT2D eigenvalue weighted by atomic mass is 10.2. The number of hydrogen-bond acceptors (Lipinski definition) is 3. The van der Waals surface area contributed by atoms with Crippen LogP contribution in [0.4, 0.5) is 0 Å². The van der Waals surface area contributed by atoms with Crippen LogP contribution in [0.25, 0.3) is 10.9 Å². The molecule has 2 rings (SSSR count). The molecule has 0 radical (unpaired) electrons. The molecular formula is C22H29N3O3. The number of aromatic amines is 1. The third-order valence-corrected chi connectivity index (χ3v) is 4.33. The number of amides is 2. The van der Waals surface area contributed by atoms with E-state index < -0.39 is 0 Å². The summed E-state index contributed by atoms with van der Waals surface area (Å²) < 4.78 is 5.81. The first-order valence-corrected chi connectivity index (χ1v) is 9.67. The zero-order valence-corrected chi connectivity index (χ0v) is 16.3. The van der Waals surface area contributed by atoms with Gasteiger partial charge in [-0.1, -0.05) is 13.2 Å². The number of carbonyl (C=O) groups is 2. The molecule has 0 aliphatic carbocycles. The number of unbranched alkanes of at least 4 members (excludes halogenated alkanes) is 2. The van der Waals surface area contributed by atoms with Gasteiger partial charge in [0.05, 0.1) is 6.61 Å². The van der Waals surface area contributed by atoms with Crippen molar-refractivity contribution < 1.29 is 14.3 Å². The average Bonchev–Trinajstić information content (AvgIpc) is 3.11. The number of benzene rings is 1. The number of H-pyrrole nitrogens is 1. The Bertz CT molecular complexity index is 810. The van der Waals surface area contributed by atoms with Crippen LogP contribution in [0.2, 0.25) is 0 Å². The van der Waals surface area contributed by atoms with Gasteiger partial charge >= 0.3 is 0 Å². The van der Waals surface area contributed by atoms with Crippen molar-refractivity contribution in [3.63, 3.8) is 0 Å². The van der Waals surface area contributed by atoms with Crippen molar-refractivity contribution in [1.82, 2.24) is 15.6 Å². The Hall–Kier alpha value is -3.02. The Kier molecular flexibility index (Phi) is 8.85. The van der Waals surface area contributed by atoms with Gasteiger partial charge in [-0.15, -0.1) is 0 Å². The maximum Gasteiger partial charge on any atom is 0.243 e. The second-order valence-electron chi connectivity index (χ2n) is 6.55. The van der Waals surface area contributed by atoms with Crippen molar-refractivity contribution in [3.8, 4) is 5.75 Å². The van der Waals surface area contributed by atoms with Crippen LogP contribution < -0.4 is 15.4 Å². The highest BCUT2D eigenvalue weighted by molar-refractivity contribution is 5.87. The first kappa shape index (κ1) is 21.3. The van der Waals surface area contributed by atoms with Crippen LogP contribution in [-0.2, 0) is 16.0 Å². The van der Waals surface area contributed by atoms with Crippen LogP contribution in [0.1, 0.15) is 31.4 Å². The summed E-state index contributed by atoms with van der Waals surface area (Å²) >= 11 is 0. The van der Waals surface area contributed by atoms with E-state index in [0.29, 0.717) is 19.7 Å².